The molecule has 0 saturated carbocycles. The van der Waals surface area contributed by atoms with E-state index in [-0.39, 0.29) is 0 Å². The smallest absolute Gasteiger partial charge is 0.0814 e. The Morgan fingerprint density at radius 1 is 1.33 bits per heavy atom. The number of aliphatic hydroxyl groups is 1. The van der Waals surface area contributed by atoms with Crippen molar-refractivity contribution in [3.63, 3.8) is 0 Å². The van der Waals surface area contributed by atoms with E-state index >= 15 is 0 Å². The maximum Gasteiger partial charge on any atom is 0.0814 e. The Bertz CT molecular complexity index is 378. The highest BCUT2D eigenvalue weighted by molar-refractivity contribution is 9.10. The summed E-state index contributed by atoms with van der Waals surface area (Å²) < 4.78 is 6.22. The van der Waals surface area contributed by atoms with Gasteiger partial charge in [0.2, 0.25) is 0 Å². The van der Waals surface area contributed by atoms with Crippen LogP contribution in [-0.2, 0) is 11.3 Å². The van der Waals surface area contributed by atoms with Gasteiger partial charge < -0.3 is 15.2 Å². The minimum absolute atomic E-state index is 0.542. The fourth-order valence-electron chi connectivity index (χ4n) is 1.78. The highest BCUT2D eigenvalue weighted by Gasteiger charge is 2.22. The zero-order valence-corrected chi connectivity index (χ0v) is 12.9. The molecule has 0 aliphatic carbocycles. The first-order chi connectivity index (χ1) is 8.56. The van der Waals surface area contributed by atoms with Gasteiger partial charge in [0.05, 0.1) is 12.2 Å². The molecule has 1 aromatic carbocycles. The lowest BCUT2D eigenvalue weighted by atomic mass is 9.97. The predicted octanol–water partition coefficient (Wildman–Crippen LogP) is 3.56. The van der Waals surface area contributed by atoms with E-state index in [0.717, 1.165) is 28.6 Å². The van der Waals surface area contributed by atoms with Crippen molar-refractivity contribution < 1.29 is 9.84 Å². The van der Waals surface area contributed by atoms with E-state index in [2.05, 4.69) is 21.2 Å². The summed E-state index contributed by atoms with van der Waals surface area (Å²) in [4.78, 5) is 0. The van der Waals surface area contributed by atoms with E-state index in [1.807, 2.05) is 32.0 Å². The molecule has 4 heteroatoms. The van der Waals surface area contributed by atoms with Gasteiger partial charge in [-0.3, -0.25) is 0 Å². The molecule has 18 heavy (non-hydrogen) atoms. The fraction of sp³-hybridized carbons (Fsp3) is 0.571. The first-order valence-electron chi connectivity index (χ1n) is 6.29. The van der Waals surface area contributed by atoms with Crippen molar-refractivity contribution >= 4 is 21.6 Å². The monoisotopic (exact) mass is 315 g/mol. The van der Waals surface area contributed by atoms with Crippen molar-refractivity contribution in [3.05, 3.63) is 28.2 Å². The lowest BCUT2D eigenvalue weighted by Gasteiger charge is -2.26. The Balaban J connectivity index is 2.81. The summed E-state index contributed by atoms with van der Waals surface area (Å²) in [5.41, 5.74) is 1.44. The maximum atomic E-state index is 10.3. The predicted molar refractivity (Wildman–Crippen MR) is 78.9 cm³/mol. The molecule has 0 unspecified atom stereocenters. The van der Waals surface area contributed by atoms with Crippen molar-refractivity contribution in [2.75, 3.05) is 19.0 Å². The molecular weight excluding hydrogens is 294 g/mol. The number of benzene rings is 1. The van der Waals surface area contributed by atoms with Crippen LogP contribution in [0.5, 0.6) is 0 Å². The van der Waals surface area contributed by atoms with Crippen LogP contribution < -0.4 is 5.32 Å². The molecule has 0 saturated heterocycles. The van der Waals surface area contributed by atoms with Gasteiger partial charge in [0, 0.05) is 29.4 Å². The lowest BCUT2D eigenvalue weighted by Crippen LogP contribution is -2.35. The standard InChI is InChI=1S/C14H22BrNO2/c1-4-14(17,5-2)10-16-13-8-6-7-12(15)11(13)9-18-3/h6-8,16-17H,4-5,9-10H2,1-3H3. The van der Waals surface area contributed by atoms with Gasteiger partial charge in [-0.25, -0.2) is 0 Å². The number of rotatable bonds is 7. The van der Waals surface area contributed by atoms with Crippen LogP contribution in [0.2, 0.25) is 0 Å². The molecular formula is C14H22BrNO2. The van der Waals surface area contributed by atoms with Crippen LogP contribution in [-0.4, -0.2) is 24.4 Å². The molecule has 0 heterocycles. The van der Waals surface area contributed by atoms with E-state index in [1.165, 1.54) is 0 Å². The van der Waals surface area contributed by atoms with Crippen LogP contribution in [0.3, 0.4) is 0 Å². The van der Waals surface area contributed by atoms with Crippen molar-refractivity contribution in [2.24, 2.45) is 0 Å². The minimum Gasteiger partial charge on any atom is -0.388 e. The zero-order chi connectivity index (χ0) is 13.6. The van der Waals surface area contributed by atoms with Gasteiger partial charge in [0.1, 0.15) is 0 Å². The molecule has 0 amide bonds. The Hall–Kier alpha value is -0.580. The summed E-state index contributed by atoms with van der Waals surface area (Å²) in [5, 5.41) is 13.6. The molecule has 0 atom stereocenters. The van der Waals surface area contributed by atoms with E-state index in [9.17, 15) is 5.11 Å². The number of anilines is 1. The summed E-state index contributed by atoms with van der Waals surface area (Å²) in [6.07, 6.45) is 1.48. The van der Waals surface area contributed by atoms with Gasteiger partial charge in [-0.15, -0.1) is 0 Å². The molecule has 0 aliphatic heterocycles. The van der Waals surface area contributed by atoms with Crippen LogP contribution in [0.15, 0.2) is 22.7 Å². The van der Waals surface area contributed by atoms with Gasteiger partial charge in [-0.1, -0.05) is 35.8 Å². The molecule has 0 spiro atoms. The minimum atomic E-state index is -0.646. The molecule has 102 valence electrons. The van der Waals surface area contributed by atoms with Gasteiger partial charge in [-0.05, 0) is 25.0 Å². The molecule has 1 aromatic rings. The van der Waals surface area contributed by atoms with Crippen LogP contribution in [0, 0.1) is 0 Å². The summed E-state index contributed by atoms with van der Waals surface area (Å²) in [6, 6.07) is 5.97. The van der Waals surface area contributed by atoms with Crippen LogP contribution in [0.4, 0.5) is 5.69 Å². The second-order valence-corrected chi connectivity index (χ2v) is 5.34. The third-order valence-electron chi connectivity index (χ3n) is 3.33. The second kappa shape index (κ2) is 7.12. The maximum absolute atomic E-state index is 10.3. The number of hydrogen-bond acceptors (Lipinski definition) is 3. The molecule has 0 radical (unpaired) electrons. The van der Waals surface area contributed by atoms with E-state index in [1.54, 1.807) is 7.11 Å². The second-order valence-electron chi connectivity index (χ2n) is 4.48. The molecule has 1 rings (SSSR count). The summed E-state index contributed by atoms with van der Waals surface area (Å²) >= 11 is 3.52. The normalized spacial score (nSPS) is 11.6. The van der Waals surface area contributed by atoms with Crippen molar-refractivity contribution in [2.45, 2.75) is 38.9 Å². The average Bonchev–Trinajstić information content (AvgIpc) is 2.39. The summed E-state index contributed by atoms with van der Waals surface area (Å²) in [6.45, 7) is 5.10. The molecule has 2 N–H and O–H groups in total. The molecule has 0 bridgehead atoms. The molecule has 0 aliphatic rings. The zero-order valence-electron chi connectivity index (χ0n) is 11.3. The van der Waals surface area contributed by atoms with Gasteiger partial charge in [-0.2, -0.15) is 0 Å². The third kappa shape index (κ3) is 3.97. The Morgan fingerprint density at radius 2 is 2.00 bits per heavy atom. The Morgan fingerprint density at radius 3 is 2.56 bits per heavy atom. The van der Waals surface area contributed by atoms with Crippen molar-refractivity contribution in [3.8, 4) is 0 Å². The van der Waals surface area contributed by atoms with Crippen molar-refractivity contribution in [1.82, 2.24) is 0 Å². The third-order valence-corrected chi connectivity index (χ3v) is 4.07. The number of halogens is 1. The lowest BCUT2D eigenvalue weighted by molar-refractivity contribution is 0.0456. The van der Waals surface area contributed by atoms with Gasteiger partial charge in [0.25, 0.3) is 0 Å². The first-order valence-corrected chi connectivity index (χ1v) is 7.08. The Labute approximate surface area is 118 Å². The van der Waals surface area contributed by atoms with Gasteiger partial charge >= 0.3 is 0 Å². The number of methoxy groups -OCH3 is 1. The van der Waals surface area contributed by atoms with E-state index in [0.29, 0.717) is 13.2 Å². The van der Waals surface area contributed by atoms with Crippen LogP contribution in [0.25, 0.3) is 0 Å². The van der Waals surface area contributed by atoms with Crippen LogP contribution in [0.1, 0.15) is 32.3 Å². The quantitative estimate of drug-likeness (QED) is 0.808. The molecule has 0 fully saturated rings. The number of hydrogen-bond donors (Lipinski definition) is 2. The molecule has 0 aromatic heterocycles. The van der Waals surface area contributed by atoms with Crippen LogP contribution >= 0.6 is 15.9 Å². The topological polar surface area (TPSA) is 41.5 Å². The largest absolute Gasteiger partial charge is 0.388 e. The Kier molecular flexibility index (Phi) is 6.12. The first kappa shape index (κ1) is 15.5. The molecule has 3 nitrogen and oxygen atoms in total. The van der Waals surface area contributed by atoms with Gasteiger partial charge in [0.15, 0.2) is 0 Å². The highest BCUT2D eigenvalue weighted by atomic mass is 79.9. The summed E-state index contributed by atoms with van der Waals surface area (Å²) in [5.74, 6) is 0. The fourth-order valence-corrected chi connectivity index (χ4v) is 2.26. The SMILES string of the molecule is CCC(O)(CC)CNc1cccc(Br)c1COC. The van der Waals surface area contributed by atoms with E-state index in [4.69, 9.17) is 4.74 Å². The average molecular weight is 316 g/mol. The summed E-state index contributed by atoms with van der Waals surface area (Å²) in [7, 11) is 1.68. The van der Waals surface area contributed by atoms with E-state index < -0.39 is 5.60 Å². The number of ether oxygens (including phenoxy) is 1. The number of nitrogens with one attached hydrogen (secondary N) is 1. The highest BCUT2D eigenvalue weighted by Crippen LogP contribution is 2.26. The van der Waals surface area contributed by atoms with Crippen molar-refractivity contribution in [1.29, 1.82) is 0 Å².